The molecule has 1 amide bonds. The summed E-state index contributed by atoms with van der Waals surface area (Å²) in [6.07, 6.45) is -0.960. The number of hydrogen-bond donors (Lipinski definition) is 0. The number of sulfonamides is 1. The third-order valence-corrected chi connectivity index (χ3v) is 7.04. The molecule has 0 saturated carbocycles. The van der Waals surface area contributed by atoms with Gasteiger partial charge in [0.05, 0.1) is 4.90 Å². The van der Waals surface area contributed by atoms with E-state index in [4.69, 9.17) is 0 Å². The molecule has 0 atom stereocenters. The molecule has 2 aliphatic rings. The molecule has 0 unspecified atom stereocenters. The number of halogens is 3. The summed E-state index contributed by atoms with van der Waals surface area (Å²) in [5, 5.41) is 0. The van der Waals surface area contributed by atoms with E-state index in [2.05, 4.69) is 4.74 Å². The molecule has 28 heavy (non-hydrogen) atoms. The summed E-state index contributed by atoms with van der Waals surface area (Å²) in [4.78, 5) is 14.2. The first-order valence-corrected chi connectivity index (χ1v) is 10.8. The Morgan fingerprint density at radius 2 is 1.68 bits per heavy atom. The molecule has 2 aliphatic heterocycles. The summed E-state index contributed by atoms with van der Waals surface area (Å²) in [6.45, 7) is 1.83. The zero-order valence-corrected chi connectivity index (χ0v) is 16.1. The molecule has 1 aromatic rings. The third-order valence-electron chi connectivity index (χ3n) is 5.15. The molecule has 0 aromatic heterocycles. The largest absolute Gasteiger partial charge is 0.573 e. The molecule has 156 valence electrons. The molecule has 2 saturated heterocycles. The summed E-state index contributed by atoms with van der Waals surface area (Å²) < 4.78 is 67.7. The van der Waals surface area contributed by atoms with Crippen LogP contribution in [0.3, 0.4) is 0 Å². The molecule has 0 N–H and O–H groups in total. The Morgan fingerprint density at radius 1 is 1.04 bits per heavy atom. The van der Waals surface area contributed by atoms with E-state index in [0.29, 0.717) is 12.8 Å². The first-order chi connectivity index (χ1) is 13.2. The van der Waals surface area contributed by atoms with Crippen molar-refractivity contribution in [2.45, 2.75) is 43.4 Å². The molecule has 0 radical (unpaired) electrons. The smallest absolute Gasteiger partial charge is 0.406 e. The van der Waals surface area contributed by atoms with Gasteiger partial charge in [0.15, 0.2) is 0 Å². The lowest BCUT2D eigenvalue weighted by molar-refractivity contribution is -0.274. The maximum atomic E-state index is 12.8. The Hall–Kier alpha value is -1.81. The van der Waals surface area contributed by atoms with Crippen LogP contribution in [0.4, 0.5) is 13.2 Å². The van der Waals surface area contributed by atoms with Crippen LogP contribution >= 0.6 is 0 Å². The molecular weight excluding hydrogens is 397 g/mol. The van der Waals surface area contributed by atoms with E-state index < -0.39 is 22.1 Å². The van der Waals surface area contributed by atoms with Gasteiger partial charge in [-0.3, -0.25) is 4.79 Å². The van der Waals surface area contributed by atoms with Gasteiger partial charge in [0.1, 0.15) is 5.75 Å². The average molecular weight is 420 g/mol. The number of hydrogen-bond acceptors (Lipinski definition) is 4. The number of nitrogens with zero attached hydrogens (tertiary/aromatic N) is 2. The summed E-state index contributed by atoms with van der Waals surface area (Å²) in [6, 6.07) is 4.37. The Bertz CT molecular complexity index is 799. The van der Waals surface area contributed by atoms with Gasteiger partial charge in [-0.05, 0) is 44.2 Å². The van der Waals surface area contributed by atoms with Gasteiger partial charge in [0.25, 0.3) is 0 Å². The van der Waals surface area contributed by atoms with Crippen molar-refractivity contribution in [2.24, 2.45) is 5.92 Å². The third kappa shape index (κ3) is 4.96. The van der Waals surface area contributed by atoms with Crippen molar-refractivity contribution < 1.29 is 31.1 Å². The van der Waals surface area contributed by atoms with E-state index in [1.54, 1.807) is 0 Å². The van der Waals surface area contributed by atoms with Crippen molar-refractivity contribution in [2.75, 3.05) is 26.2 Å². The van der Waals surface area contributed by atoms with Crippen LogP contribution < -0.4 is 4.74 Å². The second kappa shape index (κ2) is 8.28. The standard InChI is InChI=1S/C18H23F3N2O4S/c19-18(20,21)27-15-5-4-6-16(13-15)28(25,26)23-11-7-14(8-12-23)17(24)22-9-2-1-3-10-22/h4-6,13-14H,1-3,7-12H2. The van der Waals surface area contributed by atoms with Crippen molar-refractivity contribution in [3.8, 4) is 5.75 Å². The van der Waals surface area contributed by atoms with E-state index in [1.807, 2.05) is 4.90 Å². The number of ether oxygens (including phenoxy) is 1. The minimum Gasteiger partial charge on any atom is -0.406 e. The van der Waals surface area contributed by atoms with Gasteiger partial charge < -0.3 is 9.64 Å². The highest BCUT2D eigenvalue weighted by Crippen LogP contribution is 2.29. The normalized spacial score (nSPS) is 20.2. The van der Waals surface area contributed by atoms with Crippen LogP contribution in [0.2, 0.25) is 0 Å². The van der Waals surface area contributed by atoms with Gasteiger partial charge in [-0.1, -0.05) is 6.07 Å². The Morgan fingerprint density at radius 3 is 2.29 bits per heavy atom. The zero-order chi connectivity index (χ0) is 20.4. The molecule has 2 fully saturated rings. The number of amides is 1. The van der Waals surface area contributed by atoms with Gasteiger partial charge in [-0.2, -0.15) is 4.31 Å². The summed E-state index contributed by atoms with van der Waals surface area (Å²) >= 11 is 0. The SMILES string of the molecule is O=C(C1CCN(S(=O)(=O)c2cccc(OC(F)(F)F)c2)CC1)N1CCCCC1. The molecule has 2 heterocycles. The summed E-state index contributed by atoms with van der Waals surface area (Å²) in [5.41, 5.74) is 0. The Labute approximate surface area is 162 Å². The van der Waals surface area contributed by atoms with Crippen LogP contribution in [0.15, 0.2) is 29.2 Å². The first kappa shape index (κ1) is 20.9. The van der Waals surface area contributed by atoms with Crippen molar-refractivity contribution in [3.05, 3.63) is 24.3 Å². The average Bonchev–Trinajstić information content (AvgIpc) is 2.67. The Balaban J connectivity index is 1.64. The van der Waals surface area contributed by atoms with E-state index in [9.17, 15) is 26.4 Å². The number of carbonyl (C=O) groups is 1. The monoisotopic (exact) mass is 420 g/mol. The van der Waals surface area contributed by atoms with Crippen LogP contribution in [0.5, 0.6) is 5.75 Å². The van der Waals surface area contributed by atoms with E-state index >= 15 is 0 Å². The lowest BCUT2D eigenvalue weighted by Gasteiger charge is -2.35. The molecule has 1 aromatic carbocycles. The fourth-order valence-electron chi connectivity index (χ4n) is 3.70. The van der Waals surface area contributed by atoms with Gasteiger partial charge in [-0.25, -0.2) is 8.42 Å². The maximum absolute atomic E-state index is 12.8. The number of piperidine rings is 2. The summed E-state index contributed by atoms with van der Waals surface area (Å²) in [7, 11) is -3.95. The van der Waals surface area contributed by atoms with E-state index in [1.165, 1.54) is 16.4 Å². The molecule has 0 aliphatic carbocycles. The number of likely N-dealkylation sites (tertiary alicyclic amines) is 1. The quantitative estimate of drug-likeness (QED) is 0.751. The summed E-state index contributed by atoms with van der Waals surface area (Å²) in [5.74, 6) is -0.703. The van der Waals surface area contributed by atoms with Crippen molar-refractivity contribution in [1.82, 2.24) is 9.21 Å². The number of alkyl halides is 3. The second-order valence-corrected chi connectivity index (χ2v) is 9.02. The lowest BCUT2D eigenvalue weighted by atomic mass is 9.95. The number of carbonyl (C=O) groups excluding carboxylic acids is 1. The zero-order valence-electron chi connectivity index (χ0n) is 15.3. The van der Waals surface area contributed by atoms with Gasteiger partial charge >= 0.3 is 6.36 Å². The van der Waals surface area contributed by atoms with Crippen molar-refractivity contribution in [1.29, 1.82) is 0 Å². The maximum Gasteiger partial charge on any atom is 0.573 e. The molecule has 6 nitrogen and oxygen atoms in total. The number of benzene rings is 1. The molecule has 10 heteroatoms. The van der Waals surface area contributed by atoms with Crippen LogP contribution in [0.25, 0.3) is 0 Å². The van der Waals surface area contributed by atoms with Gasteiger partial charge in [0, 0.05) is 38.2 Å². The van der Waals surface area contributed by atoms with Crippen molar-refractivity contribution in [3.63, 3.8) is 0 Å². The second-order valence-electron chi connectivity index (χ2n) is 7.09. The fraction of sp³-hybridized carbons (Fsp3) is 0.611. The first-order valence-electron chi connectivity index (χ1n) is 9.31. The lowest BCUT2D eigenvalue weighted by Crippen LogP contribution is -2.45. The predicted molar refractivity (Wildman–Crippen MR) is 95.0 cm³/mol. The fourth-order valence-corrected chi connectivity index (χ4v) is 5.20. The minimum absolute atomic E-state index is 0.0809. The van der Waals surface area contributed by atoms with Crippen LogP contribution in [-0.2, 0) is 14.8 Å². The molecule has 0 bridgehead atoms. The van der Waals surface area contributed by atoms with E-state index in [0.717, 1.165) is 44.5 Å². The van der Waals surface area contributed by atoms with Gasteiger partial charge in [0.2, 0.25) is 15.9 Å². The Kier molecular flexibility index (Phi) is 6.18. The van der Waals surface area contributed by atoms with Crippen LogP contribution in [0.1, 0.15) is 32.1 Å². The highest BCUT2D eigenvalue weighted by Gasteiger charge is 2.35. The topological polar surface area (TPSA) is 66.9 Å². The van der Waals surface area contributed by atoms with Crippen LogP contribution in [-0.4, -0.2) is 56.1 Å². The molecule has 0 spiro atoms. The molecular formula is C18H23F3N2O4S. The van der Waals surface area contributed by atoms with E-state index in [-0.39, 0.29) is 29.8 Å². The van der Waals surface area contributed by atoms with Crippen LogP contribution in [0, 0.1) is 5.92 Å². The number of rotatable bonds is 4. The van der Waals surface area contributed by atoms with Gasteiger partial charge in [-0.15, -0.1) is 13.2 Å². The van der Waals surface area contributed by atoms with Crippen molar-refractivity contribution >= 4 is 15.9 Å². The molecule has 3 rings (SSSR count). The minimum atomic E-state index is -4.89. The predicted octanol–water partition coefficient (Wildman–Crippen LogP) is 3.00. The highest BCUT2D eigenvalue weighted by molar-refractivity contribution is 7.89. The highest BCUT2D eigenvalue weighted by atomic mass is 32.2.